The smallest absolute Gasteiger partial charge is 0.227 e. The second-order valence-electron chi connectivity index (χ2n) is 8.58. The van der Waals surface area contributed by atoms with Crippen molar-refractivity contribution in [1.29, 1.82) is 0 Å². The molecule has 2 heterocycles. The third-order valence-electron chi connectivity index (χ3n) is 6.02. The van der Waals surface area contributed by atoms with Crippen molar-refractivity contribution in [1.82, 2.24) is 14.9 Å². The summed E-state index contributed by atoms with van der Waals surface area (Å²) in [5, 5.41) is 0. The van der Waals surface area contributed by atoms with Gasteiger partial charge in [-0.1, -0.05) is 24.3 Å². The van der Waals surface area contributed by atoms with Crippen LogP contribution in [0.2, 0.25) is 0 Å². The molecule has 0 bridgehead atoms. The van der Waals surface area contributed by atoms with Crippen LogP contribution in [0.5, 0.6) is 5.75 Å². The Morgan fingerprint density at radius 2 is 2.00 bits per heavy atom. The average Bonchev–Trinajstić information content (AvgIpc) is 2.85. The Bertz CT molecular complexity index is 1120. The van der Waals surface area contributed by atoms with Gasteiger partial charge in [-0.3, -0.25) is 4.79 Å². The maximum absolute atomic E-state index is 13.2. The molecule has 0 spiro atoms. The molecule has 7 heteroatoms. The highest BCUT2D eigenvalue weighted by molar-refractivity contribution is 5.79. The molecule has 2 aromatic carbocycles. The van der Waals surface area contributed by atoms with Gasteiger partial charge in [-0.25, -0.2) is 14.4 Å². The molecule has 1 amide bonds. The summed E-state index contributed by atoms with van der Waals surface area (Å²) in [4.78, 5) is 26.3. The fourth-order valence-corrected chi connectivity index (χ4v) is 4.24. The largest absolute Gasteiger partial charge is 0.497 e. The molecule has 1 saturated heterocycles. The minimum atomic E-state index is -0.297. The summed E-state index contributed by atoms with van der Waals surface area (Å²) in [5.41, 5.74) is 3.71. The molecule has 1 aliphatic heterocycles. The van der Waals surface area contributed by atoms with Crippen molar-refractivity contribution in [2.75, 3.05) is 39.2 Å². The highest BCUT2D eigenvalue weighted by Gasteiger charge is 2.28. The van der Waals surface area contributed by atoms with E-state index in [1.165, 1.54) is 12.1 Å². The zero-order valence-corrected chi connectivity index (χ0v) is 19.3. The van der Waals surface area contributed by atoms with Gasteiger partial charge < -0.3 is 14.5 Å². The predicted molar refractivity (Wildman–Crippen MR) is 127 cm³/mol. The third-order valence-corrected chi connectivity index (χ3v) is 6.02. The zero-order valence-electron chi connectivity index (χ0n) is 19.3. The molecule has 1 fully saturated rings. The molecule has 1 aliphatic rings. The van der Waals surface area contributed by atoms with Crippen LogP contribution in [0.3, 0.4) is 0 Å². The van der Waals surface area contributed by atoms with Gasteiger partial charge in [0.1, 0.15) is 11.6 Å². The molecule has 33 heavy (non-hydrogen) atoms. The van der Waals surface area contributed by atoms with E-state index in [0.29, 0.717) is 12.5 Å². The maximum Gasteiger partial charge on any atom is 0.227 e. The van der Waals surface area contributed by atoms with Crippen molar-refractivity contribution >= 4 is 11.9 Å². The highest BCUT2D eigenvalue weighted by atomic mass is 19.1. The average molecular weight is 449 g/mol. The van der Waals surface area contributed by atoms with Crippen LogP contribution in [0.1, 0.15) is 30.0 Å². The van der Waals surface area contributed by atoms with Crippen LogP contribution >= 0.6 is 0 Å². The molecule has 0 N–H and O–H groups in total. The van der Waals surface area contributed by atoms with E-state index < -0.39 is 0 Å². The van der Waals surface area contributed by atoms with Crippen LogP contribution in [-0.4, -0.2) is 55.1 Å². The Kier molecular flexibility index (Phi) is 6.87. The highest BCUT2D eigenvalue weighted by Crippen LogP contribution is 2.35. The van der Waals surface area contributed by atoms with E-state index in [4.69, 9.17) is 9.72 Å². The van der Waals surface area contributed by atoms with Gasteiger partial charge in [0.15, 0.2) is 0 Å². The van der Waals surface area contributed by atoms with Crippen molar-refractivity contribution in [3.63, 3.8) is 0 Å². The van der Waals surface area contributed by atoms with Crippen LogP contribution in [0.4, 0.5) is 10.3 Å². The van der Waals surface area contributed by atoms with Crippen LogP contribution in [0.25, 0.3) is 11.1 Å². The second-order valence-corrected chi connectivity index (χ2v) is 8.58. The first-order valence-corrected chi connectivity index (χ1v) is 11.2. The number of aromatic nitrogens is 2. The first-order chi connectivity index (χ1) is 15.9. The lowest BCUT2D eigenvalue weighted by molar-refractivity contribution is -0.131. The zero-order chi connectivity index (χ0) is 23.4. The molecule has 4 rings (SSSR count). The van der Waals surface area contributed by atoms with Crippen molar-refractivity contribution in [2.24, 2.45) is 0 Å². The number of amides is 1. The first-order valence-electron chi connectivity index (χ1n) is 11.2. The summed E-state index contributed by atoms with van der Waals surface area (Å²) in [7, 11) is 5.49. The van der Waals surface area contributed by atoms with E-state index in [0.717, 1.165) is 47.5 Å². The molecule has 1 aromatic heterocycles. The van der Waals surface area contributed by atoms with Crippen molar-refractivity contribution in [2.45, 2.75) is 25.2 Å². The van der Waals surface area contributed by atoms with Gasteiger partial charge in [0.2, 0.25) is 11.9 Å². The van der Waals surface area contributed by atoms with Crippen LogP contribution in [-0.2, 0) is 11.2 Å². The summed E-state index contributed by atoms with van der Waals surface area (Å²) in [5.74, 6) is 1.27. The lowest BCUT2D eigenvalue weighted by atomic mass is 9.89. The summed E-state index contributed by atoms with van der Waals surface area (Å²) in [6.07, 6.45) is 3.98. The summed E-state index contributed by atoms with van der Waals surface area (Å²) in [6, 6.07) is 14.0. The number of benzene rings is 2. The Balaban J connectivity index is 1.61. The number of anilines is 1. The van der Waals surface area contributed by atoms with E-state index >= 15 is 0 Å². The predicted octanol–water partition coefficient (Wildman–Crippen LogP) is 4.31. The van der Waals surface area contributed by atoms with Crippen LogP contribution in [0, 0.1) is 5.82 Å². The molecule has 172 valence electrons. The monoisotopic (exact) mass is 448 g/mol. The summed E-state index contributed by atoms with van der Waals surface area (Å²) >= 11 is 0. The number of methoxy groups -OCH3 is 1. The lowest BCUT2D eigenvalue weighted by Crippen LogP contribution is -2.40. The topological polar surface area (TPSA) is 58.6 Å². The molecule has 0 aliphatic carbocycles. The maximum atomic E-state index is 13.2. The number of nitrogens with zero attached hydrogens (tertiary/aromatic N) is 4. The van der Waals surface area contributed by atoms with Crippen molar-refractivity contribution in [3.8, 4) is 16.9 Å². The number of piperidine rings is 1. The summed E-state index contributed by atoms with van der Waals surface area (Å²) in [6.45, 7) is 1.32. The SMILES string of the molecule is COc1cccc(-c2cnc(N(C)C)nc2[C@@H]2CCCN(C(=O)Cc3ccc(F)cc3)C2)c1. The van der Waals surface area contributed by atoms with E-state index in [-0.39, 0.29) is 24.1 Å². The third kappa shape index (κ3) is 5.30. The summed E-state index contributed by atoms with van der Waals surface area (Å²) < 4.78 is 18.6. The number of halogens is 1. The van der Waals surface area contributed by atoms with Crippen LogP contribution in [0.15, 0.2) is 54.7 Å². The Morgan fingerprint density at radius 3 is 2.73 bits per heavy atom. The number of hydrogen-bond donors (Lipinski definition) is 0. The molecule has 1 atom stereocenters. The quantitative estimate of drug-likeness (QED) is 0.563. The second kappa shape index (κ2) is 9.98. The molecule has 6 nitrogen and oxygen atoms in total. The molecule has 0 saturated carbocycles. The van der Waals surface area contributed by atoms with Gasteiger partial charge in [-0.15, -0.1) is 0 Å². The minimum Gasteiger partial charge on any atom is -0.497 e. The fraction of sp³-hybridized carbons (Fsp3) is 0.346. The van der Waals surface area contributed by atoms with Crippen molar-refractivity contribution < 1.29 is 13.9 Å². The Labute approximate surface area is 194 Å². The molecule has 3 aromatic rings. The number of carbonyl (C=O) groups is 1. The number of likely N-dealkylation sites (tertiary alicyclic amines) is 1. The van der Waals surface area contributed by atoms with Crippen molar-refractivity contribution in [3.05, 3.63) is 71.8 Å². The fourth-order valence-electron chi connectivity index (χ4n) is 4.24. The van der Waals surface area contributed by atoms with Gasteiger partial charge >= 0.3 is 0 Å². The number of carbonyl (C=O) groups excluding carboxylic acids is 1. The van der Waals surface area contributed by atoms with Gasteiger partial charge in [0.05, 0.1) is 19.2 Å². The van der Waals surface area contributed by atoms with E-state index in [1.54, 1.807) is 19.2 Å². The molecule has 0 radical (unpaired) electrons. The van der Waals surface area contributed by atoms with Gasteiger partial charge in [-0.2, -0.15) is 0 Å². The van der Waals surface area contributed by atoms with E-state index in [1.807, 2.05) is 54.4 Å². The Morgan fingerprint density at radius 1 is 1.21 bits per heavy atom. The first kappa shape index (κ1) is 22.7. The number of ether oxygens (including phenoxy) is 1. The van der Waals surface area contributed by atoms with E-state index in [2.05, 4.69) is 4.98 Å². The Hall–Kier alpha value is -3.48. The lowest BCUT2D eigenvalue weighted by Gasteiger charge is -2.33. The number of hydrogen-bond acceptors (Lipinski definition) is 5. The van der Waals surface area contributed by atoms with Crippen LogP contribution < -0.4 is 9.64 Å². The molecule has 0 unspecified atom stereocenters. The standard InChI is InChI=1S/C26H29FN4O2/c1-30(2)26-28-16-23(19-6-4-8-22(15-19)33-3)25(29-26)20-7-5-13-31(17-20)24(32)14-18-9-11-21(27)12-10-18/h4,6,8-12,15-16,20H,5,7,13-14,17H2,1-3H3/t20-/m1/s1. The van der Waals surface area contributed by atoms with E-state index in [9.17, 15) is 9.18 Å². The molecular weight excluding hydrogens is 419 g/mol. The number of rotatable bonds is 6. The van der Waals surface area contributed by atoms with Gasteiger partial charge in [0.25, 0.3) is 0 Å². The minimum absolute atomic E-state index is 0.0520. The molecular formula is C26H29FN4O2. The van der Waals surface area contributed by atoms with Gasteiger partial charge in [0, 0.05) is 44.9 Å². The normalized spacial score (nSPS) is 15.9. The van der Waals surface area contributed by atoms with Gasteiger partial charge in [-0.05, 0) is 48.2 Å².